The molecule has 24 heavy (non-hydrogen) atoms. The van der Waals surface area contributed by atoms with Gasteiger partial charge < -0.3 is 9.64 Å². The Bertz CT molecular complexity index is 578. The van der Waals surface area contributed by atoms with E-state index in [-0.39, 0.29) is 11.8 Å². The number of amides is 1. The Morgan fingerprint density at radius 2 is 2.00 bits per heavy atom. The summed E-state index contributed by atoms with van der Waals surface area (Å²) in [4.78, 5) is 21.1. The molecule has 0 bridgehead atoms. The molecule has 0 N–H and O–H groups in total. The molecule has 0 atom stereocenters. The minimum atomic E-state index is 0.0694. The molecule has 5 nitrogen and oxygen atoms in total. The molecular formula is C19H31N3O2. The van der Waals surface area contributed by atoms with Crippen LogP contribution < -0.4 is 4.74 Å². The van der Waals surface area contributed by atoms with E-state index in [1.54, 1.807) is 7.11 Å². The van der Waals surface area contributed by atoms with E-state index in [9.17, 15) is 4.79 Å². The molecule has 1 aromatic heterocycles. The number of aromatic nitrogens is 1. The number of ether oxygens (including phenoxy) is 1. The highest BCUT2D eigenvalue weighted by Crippen LogP contribution is 2.26. The van der Waals surface area contributed by atoms with Crippen LogP contribution in [0.25, 0.3) is 0 Å². The van der Waals surface area contributed by atoms with Crippen LogP contribution in [0, 0.1) is 19.8 Å². The number of piperidine rings is 1. The van der Waals surface area contributed by atoms with Crippen LogP contribution in [-0.4, -0.2) is 54.0 Å². The fraction of sp³-hybridized carbons (Fsp3) is 0.684. The van der Waals surface area contributed by atoms with Crippen molar-refractivity contribution in [2.24, 2.45) is 5.92 Å². The summed E-state index contributed by atoms with van der Waals surface area (Å²) in [6, 6.07) is 0.359. The average molecular weight is 333 g/mol. The molecule has 1 saturated heterocycles. The van der Waals surface area contributed by atoms with Crippen molar-refractivity contribution in [1.29, 1.82) is 0 Å². The van der Waals surface area contributed by atoms with E-state index in [1.807, 2.05) is 38.9 Å². The molecule has 0 aliphatic carbocycles. The second-order valence-corrected chi connectivity index (χ2v) is 7.16. The number of likely N-dealkylation sites (tertiary alicyclic amines) is 1. The zero-order chi connectivity index (χ0) is 17.9. The van der Waals surface area contributed by atoms with Gasteiger partial charge in [0, 0.05) is 56.0 Å². The molecule has 2 rings (SSSR count). The maximum absolute atomic E-state index is 12.2. The molecule has 1 aliphatic heterocycles. The van der Waals surface area contributed by atoms with E-state index in [2.05, 4.69) is 16.8 Å². The maximum atomic E-state index is 12.2. The topological polar surface area (TPSA) is 45.7 Å². The molecule has 0 unspecified atom stereocenters. The van der Waals surface area contributed by atoms with Gasteiger partial charge in [-0.3, -0.25) is 14.7 Å². The summed E-state index contributed by atoms with van der Waals surface area (Å²) < 4.78 is 5.50. The molecule has 1 aliphatic rings. The number of carbonyl (C=O) groups excluding carboxylic acids is 1. The number of methoxy groups -OCH3 is 1. The zero-order valence-electron chi connectivity index (χ0n) is 15.9. The van der Waals surface area contributed by atoms with Crippen molar-refractivity contribution in [3.8, 4) is 5.75 Å². The molecule has 0 saturated carbocycles. The summed E-state index contributed by atoms with van der Waals surface area (Å²) in [5.41, 5.74) is 3.29. The number of hydrogen-bond acceptors (Lipinski definition) is 4. The minimum absolute atomic E-state index is 0.0694. The van der Waals surface area contributed by atoms with Crippen molar-refractivity contribution in [2.75, 3.05) is 27.2 Å². The van der Waals surface area contributed by atoms with Crippen LogP contribution in [0.2, 0.25) is 0 Å². The number of pyridine rings is 1. The van der Waals surface area contributed by atoms with E-state index < -0.39 is 0 Å². The van der Waals surface area contributed by atoms with Crippen molar-refractivity contribution < 1.29 is 9.53 Å². The molecule has 1 amide bonds. The SMILES string of the molecule is COc1c(C)cnc(CN2CCC(N(C)C(=O)C(C)C)CC2)c1C. The van der Waals surface area contributed by atoms with Crippen LogP contribution in [0.15, 0.2) is 6.20 Å². The van der Waals surface area contributed by atoms with Crippen molar-refractivity contribution in [3.63, 3.8) is 0 Å². The van der Waals surface area contributed by atoms with Gasteiger partial charge >= 0.3 is 0 Å². The Morgan fingerprint density at radius 1 is 1.38 bits per heavy atom. The van der Waals surface area contributed by atoms with Gasteiger partial charge in [0.1, 0.15) is 5.75 Å². The lowest BCUT2D eigenvalue weighted by molar-refractivity contribution is -0.136. The highest BCUT2D eigenvalue weighted by atomic mass is 16.5. The van der Waals surface area contributed by atoms with Crippen LogP contribution in [0.4, 0.5) is 0 Å². The van der Waals surface area contributed by atoms with Gasteiger partial charge in [0.15, 0.2) is 0 Å². The summed E-state index contributed by atoms with van der Waals surface area (Å²) in [6.45, 7) is 10.9. The van der Waals surface area contributed by atoms with Crippen LogP contribution in [0.5, 0.6) is 5.75 Å². The first-order chi connectivity index (χ1) is 11.3. The fourth-order valence-corrected chi connectivity index (χ4v) is 3.49. The van der Waals surface area contributed by atoms with Crippen LogP contribution >= 0.6 is 0 Å². The Hall–Kier alpha value is -1.62. The first-order valence-corrected chi connectivity index (χ1v) is 8.83. The lowest BCUT2D eigenvalue weighted by Gasteiger charge is -2.37. The Morgan fingerprint density at radius 3 is 2.54 bits per heavy atom. The van der Waals surface area contributed by atoms with Crippen molar-refractivity contribution in [1.82, 2.24) is 14.8 Å². The van der Waals surface area contributed by atoms with Crippen LogP contribution in [0.1, 0.15) is 43.5 Å². The Kier molecular flexibility index (Phi) is 6.21. The maximum Gasteiger partial charge on any atom is 0.225 e. The molecule has 0 spiro atoms. The second-order valence-electron chi connectivity index (χ2n) is 7.16. The fourth-order valence-electron chi connectivity index (χ4n) is 3.49. The second kappa shape index (κ2) is 7.97. The smallest absolute Gasteiger partial charge is 0.225 e. The Balaban J connectivity index is 1.95. The van der Waals surface area contributed by atoms with Gasteiger partial charge in [-0.05, 0) is 26.7 Å². The predicted molar refractivity (Wildman–Crippen MR) is 96.2 cm³/mol. The Labute approximate surface area is 146 Å². The molecular weight excluding hydrogens is 302 g/mol. The van der Waals surface area contributed by atoms with E-state index in [4.69, 9.17) is 4.74 Å². The van der Waals surface area contributed by atoms with E-state index in [0.29, 0.717) is 6.04 Å². The van der Waals surface area contributed by atoms with Gasteiger partial charge in [-0.1, -0.05) is 13.8 Å². The van der Waals surface area contributed by atoms with Gasteiger partial charge in [0.2, 0.25) is 5.91 Å². The molecule has 0 aromatic carbocycles. The minimum Gasteiger partial charge on any atom is -0.496 e. The monoisotopic (exact) mass is 333 g/mol. The predicted octanol–water partition coefficient (Wildman–Crippen LogP) is 2.79. The number of carbonyl (C=O) groups is 1. The lowest BCUT2D eigenvalue weighted by atomic mass is 10.0. The van der Waals surface area contributed by atoms with Gasteiger partial charge in [-0.25, -0.2) is 0 Å². The lowest BCUT2D eigenvalue weighted by Crippen LogP contribution is -2.46. The third-order valence-corrected chi connectivity index (χ3v) is 5.07. The number of rotatable bonds is 5. The van der Waals surface area contributed by atoms with Gasteiger partial charge in [-0.2, -0.15) is 0 Å². The molecule has 1 fully saturated rings. The summed E-state index contributed by atoms with van der Waals surface area (Å²) in [5, 5.41) is 0. The third-order valence-electron chi connectivity index (χ3n) is 5.07. The molecule has 134 valence electrons. The normalized spacial score (nSPS) is 16.5. The van der Waals surface area contributed by atoms with Gasteiger partial charge in [0.05, 0.1) is 12.8 Å². The van der Waals surface area contributed by atoms with E-state index in [1.165, 1.54) is 0 Å². The van der Waals surface area contributed by atoms with Crippen molar-refractivity contribution in [3.05, 3.63) is 23.0 Å². The van der Waals surface area contributed by atoms with E-state index in [0.717, 1.165) is 55.0 Å². The molecule has 1 aromatic rings. The quantitative estimate of drug-likeness (QED) is 0.831. The summed E-state index contributed by atoms with van der Waals surface area (Å²) >= 11 is 0. The molecule has 5 heteroatoms. The van der Waals surface area contributed by atoms with Crippen molar-refractivity contribution >= 4 is 5.91 Å². The number of hydrogen-bond donors (Lipinski definition) is 0. The van der Waals surface area contributed by atoms with Gasteiger partial charge in [-0.15, -0.1) is 0 Å². The summed E-state index contributed by atoms with van der Waals surface area (Å²) in [6.07, 6.45) is 3.94. The van der Waals surface area contributed by atoms with Gasteiger partial charge in [0.25, 0.3) is 0 Å². The average Bonchev–Trinajstić information content (AvgIpc) is 2.57. The van der Waals surface area contributed by atoms with Crippen LogP contribution in [-0.2, 0) is 11.3 Å². The third kappa shape index (κ3) is 4.07. The standard InChI is InChI=1S/C19H31N3O2/c1-13(2)19(23)21(5)16-7-9-22(10-8-16)12-17-15(4)18(24-6)14(3)11-20-17/h11,13,16H,7-10,12H2,1-6H3. The van der Waals surface area contributed by atoms with E-state index >= 15 is 0 Å². The summed E-state index contributed by atoms with van der Waals surface area (Å²) in [5.74, 6) is 1.26. The first kappa shape index (κ1) is 18.7. The first-order valence-electron chi connectivity index (χ1n) is 8.83. The number of aryl methyl sites for hydroxylation is 1. The molecule has 2 heterocycles. The largest absolute Gasteiger partial charge is 0.496 e. The zero-order valence-corrected chi connectivity index (χ0v) is 15.9. The number of nitrogens with zero attached hydrogens (tertiary/aromatic N) is 3. The van der Waals surface area contributed by atoms with Crippen LogP contribution in [0.3, 0.4) is 0 Å². The highest BCUT2D eigenvalue weighted by molar-refractivity contribution is 5.78. The molecule has 0 radical (unpaired) electrons. The highest BCUT2D eigenvalue weighted by Gasteiger charge is 2.27. The summed E-state index contributed by atoms with van der Waals surface area (Å²) in [7, 11) is 3.66. The van der Waals surface area contributed by atoms with Crippen molar-refractivity contribution in [2.45, 2.75) is 53.1 Å².